The van der Waals surface area contributed by atoms with Crippen LogP contribution in [0.15, 0.2) is 109 Å². The van der Waals surface area contributed by atoms with Crippen molar-refractivity contribution in [1.29, 1.82) is 0 Å². The SMILES string of the molecule is C=CCOc1ccc(C(=O)[C@@H]2[C@H](C(=O)c3cccs3)N3C=Cc4ccccc4[C@@H]3[C@@]23C(=O)Nc2ccccc23)cc1. The highest BCUT2D eigenvalue weighted by Crippen LogP contribution is 2.62. The second-order valence-electron chi connectivity index (χ2n) is 10.4. The third kappa shape index (κ3) is 3.66. The molecule has 1 N–H and O–H groups in total. The van der Waals surface area contributed by atoms with Gasteiger partial charge in [0.1, 0.15) is 23.8 Å². The lowest BCUT2D eigenvalue weighted by Gasteiger charge is -2.38. The molecule has 3 aromatic carbocycles. The summed E-state index contributed by atoms with van der Waals surface area (Å²) in [5.74, 6) is -1.10. The van der Waals surface area contributed by atoms with Crippen molar-refractivity contribution in [1.82, 2.24) is 4.90 Å². The number of rotatable bonds is 7. The predicted octanol–water partition coefficient (Wildman–Crippen LogP) is 6.29. The van der Waals surface area contributed by atoms with Gasteiger partial charge in [0.25, 0.3) is 0 Å². The minimum atomic E-state index is -1.34. The van der Waals surface area contributed by atoms with Gasteiger partial charge >= 0.3 is 0 Å². The van der Waals surface area contributed by atoms with Crippen molar-refractivity contribution in [2.75, 3.05) is 11.9 Å². The number of amides is 1. The van der Waals surface area contributed by atoms with E-state index < -0.39 is 23.4 Å². The Bertz CT molecular complexity index is 1730. The average Bonchev–Trinajstić information content (AvgIpc) is 3.72. The number of benzene rings is 3. The molecule has 1 spiro atoms. The number of carbonyl (C=O) groups excluding carboxylic acids is 3. The molecule has 0 saturated carbocycles. The molecule has 1 aromatic heterocycles. The third-order valence-electron chi connectivity index (χ3n) is 8.39. The molecular formula is C34H26N2O4S. The summed E-state index contributed by atoms with van der Waals surface area (Å²) in [7, 11) is 0. The van der Waals surface area contributed by atoms with Gasteiger partial charge in [-0.15, -0.1) is 11.3 Å². The van der Waals surface area contributed by atoms with Crippen LogP contribution >= 0.6 is 11.3 Å². The van der Waals surface area contributed by atoms with Gasteiger partial charge in [0.05, 0.1) is 16.8 Å². The van der Waals surface area contributed by atoms with Crippen LogP contribution in [-0.4, -0.2) is 35.0 Å². The van der Waals surface area contributed by atoms with Crippen molar-refractivity contribution in [3.63, 3.8) is 0 Å². The van der Waals surface area contributed by atoms with Crippen molar-refractivity contribution < 1.29 is 19.1 Å². The molecule has 202 valence electrons. The van der Waals surface area contributed by atoms with Crippen LogP contribution in [-0.2, 0) is 10.2 Å². The van der Waals surface area contributed by atoms with Gasteiger partial charge in [-0.3, -0.25) is 14.4 Å². The van der Waals surface area contributed by atoms with E-state index in [0.29, 0.717) is 28.5 Å². The van der Waals surface area contributed by atoms with E-state index >= 15 is 0 Å². The quantitative estimate of drug-likeness (QED) is 0.213. The second-order valence-corrected chi connectivity index (χ2v) is 11.4. The van der Waals surface area contributed by atoms with Crippen molar-refractivity contribution in [3.8, 4) is 5.75 Å². The Kier molecular flexibility index (Phi) is 5.98. The van der Waals surface area contributed by atoms with Gasteiger partial charge in [0.15, 0.2) is 11.6 Å². The third-order valence-corrected chi connectivity index (χ3v) is 9.28. The van der Waals surface area contributed by atoms with Crippen LogP contribution in [0.3, 0.4) is 0 Å². The number of para-hydroxylation sites is 1. The maximum atomic E-state index is 14.8. The fourth-order valence-electron chi connectivity index (χ4n) is 6.78. The molecule has 0 bridgehead atoms. The highest BCUT2D eigenvalue weighted by Gasteiger charge is 2.70. The minimum Gasteiger partial charge on any atom is -0.490 e. The Morgan fingerprint density at radius 2 is 1.76 bits per heavy atom. The number of nitrogens with zero attached hydrogens (tertiary/aromatic N) is 1. The first-order valence-electron chi connectivity index (χ1n) is 13.5. The molecule has 0 unspecified atom stereocenters. The number of ketones is 2. The Morgan fingerprint density at radius 3 is 2.54 bits per heavy atom. The molecule has 1 fully saturated rings. The number of ether oxygens (including phenoxy) is 1. The molecular weight excluding hydrogens is 532 g/mol. The van der Waals surface area contributed by atoms with Crippen LogP contribution in [0.2, 0.25) is 0 Å². The number of Topliss-reactive ketones (excluding diaryl/α,β-unsaturated/α-hetero) is 2. The van der Waals surface area contributed by atoms with Gasteiger partial charge in [0, 0.05) is 17.5 Å². The molecule has 4 aromatic rings. The number of hydrogen-bond donors (Lipinski definition) is 1. The lowest BCUT2D eigenvalue weighted by Crippen LogP contribution is -2.49. The summed E-state index contributed by atoms with van der Waals surface area (Å²) in [6, 6.07) is 24.5. The van der Waals surface area contributed by atoms with E-state index in [1.807, 2.05) is 77.2 Å². The molecule has 1 amide bonds. The number of anilines is 1. The van der Waals surface area contributed by atoms with Crippen LogP contribution in [0.1, 0.15) is 42.8 Å². The first-order valence-corrected chi connectivity index (χ1v) is 14.3. The number of carbonyl (C=O) groups is 3. The summed E-state index contributed by atoms with van der Waals surface area (Å²) >= 11 is 1.34. The van der Waals surface area contributed by atoms with Gasteiger partial charge in [0.2, 0.25) is 5.91 Å². The van der Waals surface area contributed by atoms with Crippen molar-refractivity contribution >= 4 is 40.6 Å². The summed E-state index contributed by atoms with van der Waals surface area (Å²) in [5, 5.41) is 4.93. The van der Waals surface area contributed by atoms with E-state index in [2.05, 4.69) is 11.9 Å². The lowest BCUT2D eigenvalue weighted by molar-refractivity contribution is -0.122. The Morgan fingerprint density at radius 1 is 0.976 bits per heavy atom. The Balaban J connectivity index is 1.48. The van der Waals surface area contributed by atoms with Crippen molar-refractivity contribution in [3.05, 3.63) is 136 Å². The highest BCUT2D eigenvalue weighted by molar-refractivity contribution is 7.12. The topological polar surface area (TPSA) is 75.7 Å². The maximum Gasteiger partial charge on any atom is 0.238 e. The lowest BCUT2D eigenvalue weighted by atomic mass is 9.63. The van der Waals surface area contributed by atoms with Gasteiger partial charge in [-0.1, -0.05) is 61.2 Å². The molecule has 1 saturated heterocycles. The molecule has 4 heterocycles. The highest BCUT2D eigenvalue weighted by atomic mass is 32.1. The van der Waals surface area contributed by atoms with Gasteiger partial charge < -0.3 is 15.0 Å². The fraction of sp³-hybridized carbons (Fsp3) is 0.147. The monoisotopic (exact) mass is 558 g/mol. The second kappa shape index (κ2) is 9.71. The van der Waals surface area contributed by atoms with Crippen molar-refractivity contribution in [2.24, 2.45) is 5.92 Å². The summed E-state index contributed by atoms with van der Waals surface area (Å²) in [6.07, 6.45) is 5.50. The zero-order valence-electron chi connectivity index (χ0n) is 22.0. The molecule has 7 rings (SSSR count). The van der Waals surface area contributed by atoms with Gasteiger partial charge in [-0.05, 0) is 64.5 Å². The number of thiophene rings is 1. The largest absolute Gasteiger partial charge is 0.490 e. The number of hydrogen-bond acceptors (Lipinski definition) is 6. The van der Waals surface area contributed by atoms with Crippen molar-refractivity contribution in [2.45, 2.75) is 17.5 Å². The molecule has 4 atom stereocenters. The average molecular weight is 559 g/mol. The Labute approximate surface area is 241 Å². The van der Waals surface area contributed by atoms with Gasteiger partial charge in [-0.25, -0.2) is 0 Å². The summed E-state index contributed by atoms with van der Waals surface area (Å²) < 4.78 is 5.63. The summed E-state index contributed by atoms with van der Waals surface area (Å²) in [5.41, 5.74) is 2.34. The minimum absolute atomic E-state index is 0.174. The van der Waals surface area contributed by atoms with E-state index in [1.54, 1.807) is 36.4 Å². The molecule has 6 nitrogen and oxygen atoms in total. The van der Waals surface area contributed by atoms with Crippen LogP contribution in [0, 0.1) is 5.92 Å². The molecule has 3 aliphatic heterocycles. The van der Waals surface area contributed by atoms with Crippen LogP contribution in [0.4, 0.5) is 5.69 Å². The maximum absolute atomic E-state index is 14.8. The molecule has 0 aliphatic carbocycles. The van der Waals surface area contributed by atoms with Gasteiger partial charge in [-0.2, -0.15) is 0 Å². The fourth-order valence-corrected chi connectivity index (χ4v) is 7.48. The molecule has 0 radical (unpaired) electrons. The zero-order valence-corrected chi connectivity index (χ0v) is 22.8. The number of fused-ring (bicyclic) bond motifs is 6. The molecule has 3 aliphatic rings. The smallest absolute Gasteiger partial charge is 0.238 e. The first kappa shape index (κ1) is 25.2. The van der Waals surface area contributed by atoms with E-state index in [4.69, 9.17) is 4.74 Å². The van der Waals surface area contributed by atoms with Crippen LogP contribution in [0.5, 0.6) is 5.75 Å². The summed E-state index contributed by atoms with van der Waals surface area (Å²) in [4.78, 5) is 46.1. The normalized spacial score (nSPS) is 23.5. The zero-order chi connectivity index (χ0) is 28.1. The first-order chi connectivity index (χ1) is 20.1. The standard InChI is InChI=1S/C34H26N2O4S/c1-2-19-40-23-15-13-22(14-16-23)30(37)28-29(31(38)27-12-7-20-41-27)36-18-17-21-8-3-4-9-24(21)32(36)34(28)25-10-5-6-11-26(25)35-33(34)39/h2-18,20,28-29,32H,1,19H2,(H,35,39)/t28-,29+,32+,34-/m0/s1. The van der Waals surface area contributed by atoms with E-state index in [0.717, 1.165) is 16.7 Å². The van der Waals surface area contributed by atoms with E-state index in [1.165, 1.54) is 11.3 Å². The molecule has 41 heavy (non-hydrogen) atoms. The molecule has 7 heteroatoms. The van der Waals surface area contributed by atoms with E-state index in [-0.39, 0.29) is 17.5 Å². The van der Waals surface area contributed by atoms with E-state index in [9.17, 15) is 14.4 Å². The Hall–Kier alpha value is -4.75. The van der Waals surface area contributed by atoms with Crippen LogP contribution in [0.25, 0.3) is 6.08 Å². The summed E-state index contributed by atoms with van der Waals surface area (Å²) in [6.45, 7) is 4.02. The van der Waals surface area contributed by atoms with Crippen LogP contribution < -0.4 is 10.1 Å². The predicted molar refractivity (Wildman–Crippen MR) is 159 cm³/mol. The number of nitrogens with one attached hydrogen (secondary N) is 1.